The average molecular weight is 496 g/mol. The van der Waals surface area contributed by atoms with Gasteiger partial charge in [-0.15, -0.1) is 0 Å². The zero-order chi connectivity index (χ0) is 25.1. The number of amides is 1. The lowest BCUT2D eigenvalue weighted by atomic mass is 9.92. The van der Waals surface area contributed by atoms with Crippen molar-refractivity contribution in [2.45, 2.75) is 63.9 Å². The van der Waals surface area contributed by atoms with E-state index in [2.05, 4.69) is 25.9 Å². The van der Waals surface area contributed by atoms with Crippen LogP contribution in [-0.2, 0) is 19.6 Å². The maximum atomic E-state index is 14.7. The van der Waals surface area contributed by atoms with Gasteiger partial charge in [0.15, 0.2) is 23.7 Å². The minimum absolute atomic E-state index is 0.0692. The Morgan fingerprint density at radius 2 is 2.17 bits per heavy atom. The van der Waals surface area contributed by atoms with Crippen LogP contribution < -0.4 is 20.7 Å². The number of ether oxygens (including phenoxy) is 1. The second-order valence-electron chi connectivity index (χ2n) is 9.37. The fraction of sp³-hybridized carbons (Fsp3) is 0.423. The highest BCUT2D eigenvalue weighted by atomic mass is 19.1. The predicted molar refractivity (Wildman–Crippen MR) is 130 cm³/mol. The highest BCUT2D eigenvalue weighted by molar-refractivity contribution is 5.94. The fourth-order valence-corrected chi connectivity index (χ4v) is 4.39. The van der Waals surface area contributed by atoms with Gasteiger partial charge in [0, 0.05) is 36.9 Å². The van der Waals surface area contributed by atoms with Crippen LogP contribution in [0.1, 0.15) is 52.2 Å². The van der Waals surface area contributed by atoms with E-state index in [1.807, 2.05) is 0 Å². The van der Waals surface area contributed by atoms with E-state index in [0.29, 0.717) is 41.8 Å². The summed E-state index contributed by atoms with van der Waals surface area (Å²) < 4.78 is 25.5. The Kier molecular flexibility index (Phi) is 7.15. The molecule has 0 spiro atoms. The van der Waals surface area contributed by atoms with Crippen LogP contribution in [0.25, 0.3) is 0 Å². The first-order valence-electron chi connectivity index (χ1n) is 12.2. The molecule has 0 saturated heterocycles. The third-order valence-electron chi connectivity index (χ3n) is 6.87. The van der Waals surface area contributed by atoms with Gasteiger partial charge >= 0.3 is 0 Å². The number of nitrogens with zero attached hydrogens (tertiary/aromatic N) is 2. The van der Waals surface area contributed by atoms with Gasteiger partial charge in [0.2, 0.25) is 0 Å². The molecule has 1 saturated carbocycles. The zero-order valence-electron chi connectivity index (χ0n) is 20.1. The molecule has 9 nitrogen and oxygen atoms in total. The van der Waals surface area contributed by atoms with Crippen molar-refractivity contribution in [2.75, 3.05) is 11.9 Å². The van der Waals surface area contributed by atoms with E-state index >= 15 is 0 Å². The van der Waals surface area contributed by atoms with Crippen molar-refractivity contribution in [2.24, 2.45) is 0 Å². The second-order valence-corrected chi connectivity index (χ2v) is 9.37. The molecule has 1 fully saturated rings. The molecule has 1 amide bonds. The summed E-state index contributed by atoms with van der Waals surface area (Å²) in [5.41, 5.74) is 2.88. The van der Waals surface area contributed by atoms with E-state index < -0.39 is 11.9 Å². The maximum absolute atomic E-state index is 14.7. The highest BCUT2D eigenvalue weighted by Crippen LogP contribution is 2.28. The van der Waals surface area contributed by atoms with Gasteiger partial charge in [-0.05, 0) is 68.0 Å². The summed E-state index contributed by atoms with van der Waals surface area (Å²) in [6, 6.07) is 6.59. The topological polar surface area (TPSA) is 122 Å². The van der Waals surface area contributed by atoms with Crippen molar-refractivity contribution in [3.63, 3.8) is 0 Å². The number of oxazole rings is 1. The summed E-state index contributed by atoms with van der Waals surface area (Å²) in [6.07, 6.45) is 5.95. The number of pyridine rings is 1. The summed E-state index contributed by atoms with van der Waals surface area (Å²) in [4.78, 5) is 20.9. The number of aliphatic hydroxyl groups is 1. The summed E-state index contributed by atoms with van der Waals surface area (Å²) in [7, 11) is 0. The van der Waals surface area contributed by atoms with Gasteiger partial charge in [0.1, 0.15) is 12.4 Å². The van der Waals surface area contributed by atoms with Crippen molar-refractivity contribution in [1.82, 2.24) is 20.6 Å². The summed E-state index contributed by atoms with van der Waals surface area (Å²) in [5, 5.41) is 20.1. The van der Waals surface area contributed by atoms with Crippen LogP contribution in [0.3, 0.4) is 0 Å². The zero-order valence-corrected chi connectivity index (χ0v) is 20.1. The van der Waals surface area contributed by atoms with Crippen LogP contribution in [0.2, 0.25) is 0 Å². The Morgan fingerprint density at radius 3 is 2.92 bits per heavy atom. The van der Waals surface area contributed by atoms with E-state index in [-0.39, 0.29) is 30.9 Å². The Bertz CT molecular complexity index is 1230. The monoisotopic (exact) mass is 495 g/mol. The first-order chi connectivity index (χ1) is 17.5. The normalized spacial score (nSPS) is 18.1. The molecule has 190 valence electrons. The number of fused-ring (bicyclic) bond motifs is 1. The number of benzene rings is 1. The molecule has 4 N–H and O–H groups in total. The average Bonchev–Trinajstić information content (AvgIpc) is 3.27. The van der Waals surface area contributed by atoms with Gasteiger partial charge in [-0.1, -0.05) is 0 Å². The number of halogens is 1. The number of hydrogen-bond acceptors (Lipinski definition) is 8. The van der Waals surface area contributed by atoms with Crippen LogP contribution in [0.15, 0.2) is 41.3 Å². The molecule has 36 heavy (non-hydrogen) atoms. The molecule has 2 atom stereocenters. The van der Waals surface area contributed by atoms with Crippen LogP contribution in [0.4, 0.5) is 10.2 Å². The van der Waals surface area contributed by atoms with Crippen molar-refractivity contribution < 1.29 is 23.4 Å². The molecule has 1 aliphatic heterocycles. The largest absolute Gasteiger partial charge is 0.482 e. The number of aliphatic hydroxyl groups excluding tert-OH is 1. The third-order valence-corrected chi connectivity index (χ3v) is 6.87. The molecular formula is C26H30FN5O4. The highest BCUT2D eigenvalue weighted by Gasteiger charge is 2.27. The molecule has 0 radical (unpaired) electrons. The van der Waals surface area contributed by atoms with Gasteiger partial charge in [-0.3, -0.25) is 4.79 Å². The minimum atomic E-state index is -0.843. The maximum Gasteiger partial charge on any atom is 0.251 e. The molecular weight excluding hydrogens is 465 g/mol. The SMILES string of the molecule is Cc1ncoc1COc1cc2c(cc1F)C[C@@H](C(O)CNC(=O)c1ccnc(NC3CCC3)c1)NC2. The van der Waals surface area contributed by atoms with Crippen LogP contribution in [0.5, 0.6) is 5.75 Å². The van der Waals surface area contributed by atoms with Crippen LogP contribution in [-0.4, -0.2) is 45.7 Å². The Balaban J connectivity index is 1.14. The second kappa shape index (κ2) is 10.6. The standard InChI is InChI=1S/C26H30FN5O4/c1-15-24(36-14-31-15)13-35-23-9-18-11-29-21(8-17(18)7-20(23)27)22(33)12-30-26(34)16-5-6-28-25(10-16)32-19-3-2-4-19/h5-7,9-10,14,19,21-22,29,33H,2-4,8,11-13H2,1H3,(H,28,32)(H,30,34)/t21-,22?/m0/s1. The van der Waals surface area contributed by atoms with Gasteiger partial charge in [-0.25, -0.2) is 14.4 Å². The first kappa shape index (κ1) is 24.2. The molecule has 1 aliphatic carbocycles. The number of aryl methyl sites for hydroxylation is 1. The number of anilines is 1. The molecule has 0 bridgehead atoms. The van der Waals surface area contributed by atoms with Crippen molar-refractivity contribution in [3.05, 3.63) is 70.8 Å². The lowest BCUT2D eigenvalue weighted by Crippen LogP contribution is -2.49. The molecule has 2 aliphatic rings. The molecule has 1 unspecified atom stereocenters. The summed E-state index contributed by atoms with van der Waals surface area (Å²) in [6.45, 7) is 2.40. The van der Waals surface area contributed by atoms with Gasteiger partial charge in [0.05, 0.1) is 11.8 Å². The number of carbonyl (C=O) groups excluding carboxylic acids is 1. The molecule has 3 heterocycles. The smallest absolute Gasteiger partial charge is 0.251 e. The van der Waals surface area contributed by atoms with E-state index in [0.717, 1.165) is 24.0 Å². The Labute approximate surface area is 208 Å². The number of rotatable bonds is 9. The number of nitrogens with one attached hydrogen (secondary N) is 3. The Hall–Kier alpha value is -3.50. The van der Waals surface area contributed by atoms with E-state index in [1.54, 1.807) is 31.3 Å². The van der Waals surface area contributed by atoms with E-state index in [9.17, 15) is 14.3 Å². The van der Waals surface area contributed by atoms with Crippen LogP contribution >= 0.6 is 0 Å². The quantitative estimate of drug-likeness (QED) is 0.358. The molecule has 2 aromatic heterocycles. The fourth-order valence-electron chi connectivity index (χ4n) is 4.39. The third kappa shape index (κ3) is 5.50. The lowest BCUT2D eigenvalue weighted by Gasteiger charge is -2.30. The molecule has 10 heteroatoms. The lowest BCUT2D eigenvalue weighted by molar-refractivity contribution is 0.0869. The number of carbonyl (C=O) groups is 1. The van der Waals surface area contributed by atoms with Crippen molar-refractivity contribution >= 4 is 11.7 Å². The van der Waals surface area contributed by atoms with Gasteiger partial charge in [-0.2, -0.15) is 0 Å². The van der Waals surface area contributed by atoms with Crippen molar-refractivity contribution in [1.29, 1.82) is 0 Å². The van der Waals surface area contributed by atoms with E-state index in [1.165, 1.54) is 18.9 Å². The molecule has 1 aromatic carbocycles. The van der Waals surface area contributed by atoms with Crippen molar-refractivity contribution in [3.8, 4) is 5.75 Å². The summed E-state index contributed by atoms with van der Waals surface area (Å²) in [5.74, 6) is 0.617. The van der Waals surface area contributed by atoms with E-state index in [4.69, 9.17) is 9.15 Å². The minimum Gasteiger partial charge on any atom is -0.482 e. The molecule has 3 aromatic rings. The predicted octanol–water partition coefficient (Wildman–Crippen LogP) is 2.87. The van der Waals surface area contributed by atoms with Gasteiger partial charge < -0.3 is 30.2 Å². The number of hydrogen-bond donors (Lipinski definition) is 4. The number of aromatic nitrogens is 2. The first-order valence-corrected chi connectivity index (χ1v) is 12.2. The summed E-state index contributed by atoms with van der Waals surface area (Å²) >= 11 is 0. The van der Waals surface area contributed by atoms with Crippen LogP contribution in [0, 0.1) is 12.7 Å². The van der Waals surface area contributed by atoms with Gasteiger partial charge in [0.25, 0.3) is 5.91 Å². The Morgan fingerprint density at radius 1 is 1.31 bits per heavy atom. The molecule has 5 rings (SSSR count).